The van der Waals surface area contributed by atoms with E-state index in [1.54, 1.807) is 24.3 Å². The van der Waals surface area contributed by atoms with Crippen LogP contribution >= 0.6 is 0 Å². The Kier molecular flexibility index (Phi) is 3.68. The minimum absolute atomic E-state index is 0.546. The highest BCUT2D eigenvalue weighted by Crippen LogP contribution is 2.24. The van der Waals surface area contributed by atoms with Gasteiger partial charge in [0.15, 0.2) is 0 Å². The predicted octanol–water partition coefficient (Wildman–Crippen LogP) is 1.45. The number of methoxy groups -OCH3 is 1. The minimum atomic E-state index is -1.02. The SMILES string of the molecule is COc1cccc(C(O)C(C)C(=O)O)c1. The van der Waals surface area contributed by atoms with E-state index in [1.165, 1.54) is 14.0 Å². The maximum atomic E-state index is 10.7. The number of rotatable bonds is 4. The van der Waals surface area contributed by atoms with Crippen molar-refractivity contribution in [1.82, 2.24) is 0 Å². The molecule has 0 heterocycles. The van der Waals surface area contributed by atoms with Gasteiger partial charge in [0.05, 0.1) is 19.1 Å². The Bertz CT molecular complexity index is 348. The molecule has 15 heavy (non-hydrogen) atoms. The molecule has 0 aliphatic rings. The van der Waals surface area contributed by atoms with E-state index in [9.17, 15) is 9.90 Å². The summed E-state index contributed by atoms with van der Waals surface area (Å²) in [5.41, 5.74) is 0.546. The van der Waals surface area contributed by atoms with Crippen molar-refractivity contribution in [3.05, 3.63) is 29.8 Å². The molecule has 0 radical (unpaired) electrons. The van der Waals surface area contributed by atoms with Crippen LogP contribution in [-0.4, -0.2) is 23.3 Å². The number of aliphatic carboxylic acids is 1. The number of aliphatic hydroxyl groups excluding tert-OH is 1. The molecule has 0 aromatic heterocycles. The first kappa shape index (κ1) is 11.5. The van der Waals surface area contributed by atoms with E-state index in [-0.39, 0.29) is 0 Å². The normalized spacial score (nSPS) is 14.3. The molecule has 1 rings (SSSR count). The van der Waals surface area contributed by atoms with Crippen molar-refractivity contribution < 1.29 is 19.7 Å². The van der Waals surface area contributed by atoms with Gasteiger partial charge in [-0.05, 0) is 24.6 Å². The number of carbonyl (C=O) groups is 1. The van der Waals surface area contributed by atoms with Crippen LogP contribution in [0.2, 0.25) is 0 Å². The molecule has 2 atom stereocenters. The van der Waals surface area contributed by atoms with Gasteiger partial charge in [0.2, 0.25) is 0 Å². The summed E-state index contributed by atoms with van der Waals surface area (Å²) in [6.07, 6.45) is -1.02. The van der Waals surface area contributed by atoms with Crippen molar-refractivity contribution in [3.8, 4) is 5.75 Å². The molecule has 0 spiro atoms. The third-order valence-electron chi connectivity index (χ3n) is 2.30. The fourth-order valence-electron chi connectivity index (χ4n) is 1.25. The summed E-state index contributed by atoms with van der Waals surface area (Å²) in [6.45, 7) is 1.46. The van der Waals surface area contributed by atoms with E-state index in [0.717, 1.165) is 0 Å². The lowest BCUT2D eigenvalue weighted by molar-refractivity contribution is -0.145. The Hall–Kier alpha value is -1.55. The zero-order valence-electron chi connectivity index (χ0n) is 8.68. The van der Waals surface area contributed by atoms with Crippen molar-refractivity contribution in [2.75, 3.05) is 7.11 Å². The molecular weight excluding hydrogens is 196 g/mol. The molecule has 0 saturated heterocycles. The molecule has 1 aromatic rings. The van der Waals surface area contributed by atoms with Crippen LogP contribution in [0.5, 0.6) is 5.75 Å². The standard InChI is InChI=1S/C11H14O4/c1-7(11(13)14)10(12)8-4-3-5-9(6-8)15-2/h3-7,10,12H,1-2H3,(H,13,14). The smallest absolute Gasteiger partial charge is 0.309 e. The second kappa shape index (κ2) is 4.79. The number of ether oxygens (including phenoxy) is 1. The molecule has 0 aliphatic carbocycles. The van der Waals surface area contributed by atoms with Gasteiger partial charge in [-0.3, -0.25) is 4.79 Å². The van der Waals surface area contributed by atoms with E-state index >= 15 is 0 Å². The lowest BCUT2D eigenvalue weighted by Gasteiger charge is -2.15. The van der Waals surface area contributed by atoms with Crippen LogP contribution in [0.1, 0.15) is 18.6 Å². The highest BCUT2D eigenvalue weighted by Gasteiger charge is 2.22. The van der Waals surface area contributed by atoms with Crippen LogP contribution in [0.25, 0.3) is 0 Å². The molecule has 4 nitrogen and oxygen atoms in total. The van der Waals surface area contributed by atoms with Gasteiger partial charge in [-0.2, -0.15) is 0 Å². The summed E-state index contributed by atoms with van der Waals surface area (Å²) < 4.78 is 4.99. The predicted molar refractivity (Wildman–Crippen MR) is 54.8 cm³/mol. The molecule has 4 heteroatoms. The van der Waals surface area contributed by atoms with Crippen molar-refractivity contribution in [2.24, 2.45) is 5.92 Å². The molecule has 2 N–H and O–H groups in total. The second-order valence-corrected chi connectivity index (χ2v) is 3.35. The van der Waals surface area contributed by atoms with E-state index in [1.807, 2.05) is 0 Å². The Morgan fingerprint density at radius 2 is 2.13 bits per heavy atom. The third-order valence-corrected chi connectivity index (χ3v) is 2.30. The first-order chi connectivity index (χ1) is 7.06. The topological polar surface area (TPSA) is 66.8 Å². The summed E-state index contributed by atoms with van der Waals surface area (Å²) in [5.74, 6) is -1.26. The van der Waals surface area contributed by atoms with Gasteiger partial charge in [-0.15, -0.1) is 0 Å². The van der Waals surface area contributed by atoms with Crippen LogP contribution in [0, 0.1) is 5.92 Å². The highest BCUT2D eigenvalue weighted by molar-refractivity contribution is 5.70. The van der Waals surface area contributed by atoms with Gasteiger partial charge in [-0.1, -0.05) is 12.1 Å². The number of hydrogen-bond donors (Lipinski definition) is 2. The third kappa shape index (κ3) is 2.70. The van der Waals surface area contributed by atoms with Crippen molar-refractivity contribution in [2.45, 2.75) is 13.0 Å². The van der Waals surface area contributed by atoms with Gasteiger partial charge in [0.1, 0.15) is 5.75 Å². The molecule has 0 bridgehead atoms. The van der Waals surface area contributed by atoms with Gasteiger partial charge in [-0.25, -0.2) is 0 Å². The summed E-state index contributed by atoms with van der Waals surface area (Å²) in [5, 5.41) is 18.5. The number of carboxylic acid groups (broad SMARTS) is 1. The second-order valence-electron chi connectivity index (χ2n) is 3.35. The van der Waals surface area contributed by atoms with Crippen LogP contribution in [-0.2, 0) is 4.79 Å². The highest BCUT2D eigenvalue weighted by atomic mass is 16.5. The molecular formula is C11H14O4. The number of hydrogen-bond acceptors (Lipinski definition) is 3. The van der Waals surface area contributed by atoms with E-state index in [2.05, 4.69) is 0 Å². The van der Waals surface area contributed by atoms with Crippen molar-refractivity contribution in [3.63, 3.8) is 0 Å². The van der Waals surface area contributed by atoms with Gasteiger partial charge in [0.25, 0.3) is 0 Å². The molecule has 0 amide bonds. The van der Waals surface area contributed by atoms with Crippen LogP contribution in [0.4, 0.5) is 0 Å². The summed E-state index contributed by atoms with van der Waals surface area (Å²) >= 11 is 0. The van der Waals surface area contributed by atoms with Crippen molar-refractivity contribution >= 4 is 5.97 Å². The Morgan fingerprint density at radius 3 is 2.67 bits per heavy atom. The lowest BCUT2D eigenvalue weighted by atomic mass is 9.97. The maximum absolute atomic E-state index is 10.7. The quantitative estimate of drug-likeness (QED) is 0.789. The molecule has 2 unspecified atom stereocenters. The van der Waals surface area contributed by atoms with E-state index < -0.39 is 18.0 Å². The average Bonchev–Trinajstić information content (AvgIpc) is 2.27. The Balaban J connectivity index is 2.90. The van der Waals surface area contributed by atoms with Gasteiger partial charge >= 0.3 is 5.97 Å². The van der Waals surface area contributed by atoms with Crippen LogP contribution < -0.4 is 4.74 Å². The molecule has 0 fully saturated rings. The van der Waals surface area contributed by atoms with E-state index in [4.69, 9.17) is 9.84 Å². The number of carboxylic acids is 1. The molecule has 82 valence electrons. The first-order valence-corrected chi connectivity index (χ1v) is 4.61. The maximum Gasteiger partial charge on any atom is 0.309 e. The van der Waals surface area contributed by atoms with Crippen LogP contribution in [0.15, 0.2) is 24.3 Å². The largest absolute Gasteiger partial charge is 0.497 e. The summed E-state index contributed by atoms with van der Waals surface area (Å²) in [6, 6.07) is 6.75. The summed E-state index contributed by atoms with van der Waals surface area (Å²) in [7, 11) is 1.52. The molecule has 1 aromatic carbocycles. The zero-order valence-corrected chi connectivity index (χ0v) is 8.68. The van der Waals surface area contributed by atoms with Gasteiger partial charge in [0, 0.05) is 0 Å². The Morgan fingerprint density at radius 1 is 1.47 bits per heavy atom. The Labute approximate surface area is 88.1 Å². The molecule has 0 saturated carbocycles. The number of benzene rings is 1. The summed E-state index contributed by atoms with van der Waals surface area (Å²) in [4.78, 5) is 10.7. The minimum Gasteiger partial charge on any atom is -0.497 e. The molecule has 0 aliphatic heterocycles. The van der Waals surface area contributed by atoms with Crippen molar-refractivity contribution in [1.29, 1.82) is 0 Å². The number of aliphatic hydroxyl groups is 1. The monoisotopic (exact) mass is 210 g/mol. The van der Waals surface area contributed by atoms with E-state index in [0.29, 0.717) is 11.3 Å². The first-order valence-electron chi connectivity index (χ1n) is 4.61. The fourth-order valence-corrected chi connectivity index (χ4v) is 1.25. The fraction of sp³-hybridized carbons (Fsp3) is 0.364. The lowest BCUT2D eigenvalue weighted by Crippen LogP contribution is -2.18. The van der Waals surface area contributed by atoms with Crippen LogP contribution in [0.3, 0.4) is 0 Å². The zero-order chi connectivity index (χ0) is 11.4. The van der Waals surface area contributed by atoms with Gasteiger partial charge < -0.3 is 14.9 Å². The average molecular weight is 210 g/mol.